The van der Waals surface area contributed by atoms with Crippen LogP contribution in [0, 0.1) is 13.8 Å². The van der Waals surface area contributed by atoms with Crippen molar-refractivity contribution in [3.05, 3.63) is 46.8 Å². The van der Waals surface area contributed by atoms with Gasteiger partial charge >= 0.3 is 0 Å². The van der Waals surface area contributed by atoms with Crippen molar-refractivity contribution < 1.29 is 9.53 Å². The Hall–Kier alpha value is -2.30. The summed E-state index contributed by atoms with van der Waals surface area (Å²) in [6, 6.07) is 8.25. The Kier molecular flexibility index (Phi) is 5.11. The molecule has 0 radical (unpaired) electrons. The summed E-state index contributed by atoms with van der Waals surface area (Å²) in [6.07, 6.45) is 3.31. The van der Waals surface area contributed by atoms with Crippen LogP contribution in [0.4, 0.5) is 0 Å². The molecule has 2 heterocycles. The van der Waals surface area contributed by atoms with E-state index >= 15 is 0 Å². The molecule has 1 atom stereocenters. The Morgan fingerprint density at radius 2 is 1.92 bits per heavy atom. The minimum Gasteiger partial charge on any atom is -0.497 e. The molecule has 3 rings (SSSR count). The van der Waals surface area contributed by atoms with E-state index in [1.54, 1.807) is 11.8 Å². The molecule has 1 aliphatic heterocycles. The van der Waals surface area contributed by atoms with Crippen LogP contribution in [0.5, 0.6) is 5.75 Å². The number of benzene rings is 1. The summed E-state index contributed by atoms with van der Waals surface area (Å²) in [5.74, 6) is 1.35. The number of hydrogen-bond donors (Lipinski definition) is 0. The minimum atomic E-state index is 0.114. The maximum absolute atomic E-state index is 13.1. The van der Waals surface area contributed by atoms with Gasteiger partial charge in [-0.05, 0) is 44.4 Å². The number of carbonyl (C=O) groups is 1. The van der Waals surface area contributed by atoms with Crippen LogP contribution in [-0.2, 0) is 7.05 Å². The average molecular weight is 341 g/mol. The predicted molar refractivity (Wildman–Crippen MR) is 98.2 cm³/mol. The first-order valence-corrected chi connectivity index (χ1v) is 8.94. The molecule has 5 heteroatoms. The van der Waals surface area contributed by atoms with Gasteiger partial charge in [-0.3, -0.25) is 9.48 Å². The number of aromatic nitrogens is 2. The molecule has 1 fully saturated rings. The minimum absolute atomic E-state index is 0.114. The molecule has 0 bridgehead atoms. The summed E-state index contributed by atoms with van der Waals surface area (Å²) in [5, 5.41) is 4.40. The number of ether oxygens (including phenoxy) is 1. The molecule has 0 aliphatic carbocycles. The normalized spacial score (nSPS) is 18.1. The van der Waals surface area contributed by atoms with Crippen molar-refractivity contribution in [3.63, 3.8) is 0 Å². The van der Waals surface area contributed by atoms with Gasteiger partial charge in [0.15, 0.2) is 0 Å². The van der Waals surface area contributed by atoms with Gasteiger partial charge in [0.1, 0.15) is 5.75 Å². The first-order valence-electron chi connectivity index (χ1n) is 8.94. The third kappa shape index (κ3) is 3.55. The van der Waals surface area contributed by atoms with Crippen LogP contribution in [0.3, 0.4) is 0 Å². The van der Waals surface area contributed by atoms with Crippen molar-refractivity contribution in [1.82, 2.24) is 14.7 Å². The zero-order valence-corrected chi connectivity index (χ0v) is 15.6. The van der Waals surface area contributed by atoms with Gasteiger partial charge in [0.25, 0.3) is 5.91 Å². The molecule has 1 aliphatic rings. The predicted octanol–water partition coefficient (Wildman–Crippen LogP) is 3.46. The van der Waals surface area contributed by atoms with Crippen molar-refractivity contribution in [2.45, 2.75) is 39.0 Å². The molecule has 25 heavy (non-hydrogen) atoms. The van der Waals surface area contributed by atoms with Crippen LogP contribution >= 0.6 is 0 Å². The number of rotatable bonds is 3. The van der Waals surface area contributed by atoms with E-state index in [4.69, 9.17) is 4.74 Å². The van der Waals surface area contributed by atoms with E-state index in [-0.39, 0.29) is 5.91 Å². The molecular weight excluding hydrogens is 314 g/mol. The molecule has 2 aromatic rings. The van der Waals surface area contributed by atoms with Crippen LogP contribution < -0.4 is 4.74 Å². The number of carbonyl (C=O) groups excluding carboxylic acids is 1. The summed E-state index contributed by atoms with van der Waals surface area (Å²) in [6.45, 7) is 5.46. The van der Waals surface area contributed by atoms with Gasteiger partial charge in [0.2, 0.25) is 0 Å². The van der Waals surface area contributed by atoms with E-state index in [0.717, 1.165) is 55.1 Å². The number of aryl methyl sites for hydroxylation is 2. The summed E-state index contributed by atoms with van der Waals surface area (Å²) in [7, 11) is 3.57. The smallest absolute Gasteiger partial charge is 0.257 e. The first kappa shape index (κ1) is 17.5. The van der Waals surface area contributed by atoms with Gasteiger partial charge in [-0.15, -0.1) is 0 Å². The first-order chi connectivity index (χ1) is 12.0. The third-order valence-corrected chi connectivity index (χ3v) is 5.27. The number of nitrogens with zero attached hydrogens (tertiary/aromatic N) is 3. The SMILES string of the molecule is COc1ccc([C@@H]2CCCCN(C(=O)c3c(C)nn(C)c3C)C2)cc1. The fraction of sp³-hybridized carbons (Fsp3) is 0.500. The van der Waals surface area contributed by atoms with Crippen LogP contribution in [0.25, 0.3) is 0 Å². The van der Waals surface area contributed by atoms with Crippen LogP contribution in [-0.4, -0.2) is 40.8 Å². The lowest BCUT2D eigenvalue weighted by Crippen LogP contribution is -2.34. The fourth-order valence-corrected chi connectivity index (χ4v) is 3.72. The number of methoxy groups -OCH3 is 1. The Labute approximate surface area is 149 Å². The van der Waals surface area contributed by atoms with Crippen molar-refractivity contribution in [3.8, 4) is 5.75 Å². The molecule has 1 aromatic heterocycles. The summed E-state index contributed by atoms with van der Waals surface area (Å²) in [4.78, 5) is 15.2. The fourth-order valence-electron chi connectivity index (χ4n) is 3.72. The van der Waals surface area contributed by atoms with Crippen molar-refractivity contribution in [2.75, 3.05) is 20.2 Å². The van der Waals surface area contributed by atoms with Crippen molar-refractivity contribution in [2.24, 2.45) is 7.05 Å². The lowest BCUT2D eigenvalue weighted by Gasteiger charge is -2.25. The average Bonchev–Trinajstić information content (AvgIpc) is 2.80. The topological polar surface area (TPSA) is 47.4 Å². The van der Waals surface area contributed by atoms with Gasteiger partial charge < -0.3 is 9.64 Å². The molecule has 134 valence electrons. The van der Waals surface area contributed by atoms with Crippen molar-refractivity contribution in [1.29, 1.82) is 0 Å². The lowest BCUT2D eigenvalue weighted by atomic mass is 9.94. The highest BCUT2D eigenvalue weighted by atomic mass is 16.5. The van der Waals surface area contributed by atoms with Gasteiger partial charge in [0.05, 0.1) is 18.4 Å². The molecule has 5 nitrogen and oxygen atoms in total. The van der Waals surface area contributed by atoms with E-state index in [2.05, 4.69) is 17.2 Å². The molecule has 1 aromatic carbocycles. The third-order valence-electron chi connectivity index (χ3n) is 5.27. The lowest BCUT2D eigenvalue weighted by molar-refractivity contribution is 0.0753. The quantitative estimate of drug-likeness (QED) is 0.859. The van der Waals surface area contributed by atoms with Crippen LogP contribution in [0.15, 0.2) is 24.3 Å². The zero-order chi connectivity index (χ0) is 18.0. The molecule has 1 amide bonds. The van der Waals surface area contributed by atoms with E-state index in [0.29, 0.717) is 5.92 Å². The molecule has 0 unspecified atom stereocenters. The summed E-state index contributed by atoms with van der Waals surface area (Å²) < 4.78 is 7.05. The van der Waals surface area contributed by atoms with Crippen LogP contribution in [0.1, 0.15) is 52.5 Å². The highest BCUT2D eigenvalue weighted by Crippen LogP contribution is 2.29. The maximum atomic E-state index is 13.1. The van der Waals surface area contributed by atoms with E-state index in [1.807, 2.05) is 37.9 Å². The second kappa shape index (κ2) is 7.30. The summed E-state index contributed by atoms with van der Waals surface area (Å²) >= 11 is 0. The molecule has 0 N–H and O–H groups in total. The number of amides is 1. The molecule has 0 spiro atoms. The Balaban J connectivity index is 1.82. The second-order valence-corrected chi connectivity index (χ2v) is 6.89. The molecular formula is C20H27N3O2. The van der Waals surface area contributed by atoms with Gasteiger partial charge in [-0.25, -0.2) is 0 Å². The van der Waals surface area contributed by atoms with Crippen molar-refractivity contribution >= 4 is 5.91 Å². The highest BCUT2D eigenvalue weighted by molar-refractivity contribution is 5.96. The largest absolute Gasteiger partial charge is 0.497 e. The monoisotopic (exact) mass is 341 g/mol. The summed E-state index contributed by atoms with van der Waals surface area (Å²) in [5.41, 5.74) is 3.79. The second-order valence-electron chi connectivity index (χ2n) is 6.89. The number of hydrogen-bond acceptors (Lipinski definition) is 3. The Morgan fingerprint density at radius 1 is 1.20 bits per heavy atom. The Bertz CT molecular complexity index is 749. The Morgan fingerprint density at radius 3 is 2.52 bits per heavy atom. The maximum Gasteiger partial charge on any atom is 0.257 e. The highest BCUT2D eigenvalue weighted by Gasteiger charge is 2.27. The van der Waals surface area contributed by atoms with E-state index < -0.39 is 0 Å². The molecule has 1 saturated heterocycles. The van der Waals surface area contributed by atoms with E-state index in [1.165, 1.54) is 5.56 Å². The van der Waals surface area contributed by atoms with Gasteiger partial charge in [-0.2, -0.15) is 5.10 Å². The molecule has 0 saturated carbocycles. The zero-order valence-electron chi connectivity index (χ0n) is 15.6. The number of likely N-dealkylation sites (tertiary alicyclic amines) is 1. The standard InChI is InChI=1S/C20H27N3O2/c1-14-19(15(2)22(3)21-14)20(24)23-12-6-5-7-17(13-23)16-8-10-18(25-4)11-9-16/h8-11,17H,5-7,12-13H2,1-4H3/t17-/m1/s1. The van der Waals surface area contributed by atoms with Gasteiger partial charge in [-0.1, -0.05) is 18.6 Å². The van der Waals surface area contributed by atoms with Crippen LogP contribution in [0.2, 0.25) is 0 Å². The van der Waals surface area contributed by atoms with E-state index in [9.17, 15) is 4.79 Å². The van der Waals surface area contributed by atoms with Gasteiger partial charge in [0, 0.05) is 31.7 Å².